The summed E-state index contributed by atoms with van der Waals surface area (Å²) in [6.07, 6.45) is 3.04. The van der Waals surface area contributed by atoms with Crippen molar-refractivity contribution in [2.24, 2.45) is 0 Å². The van der Waals surface area contributed by atoms with Crippen molar-refractivity contribution in [2.45, 2.75) is 36.6 Å². The first-order valence-corrected chi connectivity index (χ1v) is 11.1. The maximum Gasteiger partial charge on any atom is 0.258 e. The van der Waals surface area contributed by atoms with Crippen LogP contribution >= 0.6 is 11.6 Å². The van der Waals surface area contributed by atoms with Crippen LogP contribution in [-0.2, 0) is 4.79 Å². The summed E-state index contributed by atoms with van der Waals surface area (Å²) in [5.41, 5.74) is 2.14. The number of nitrogens with zero attached hydrogens (tertiary/aromatic N) is 1. The summed E-state index contributed by atoms with van der Waals surface area (Å²) >= 11 is 5.65. The van der Waals surface area contributed by atoms with E-state index in [9.17, 15) is 14.3 Å². The summed E-state index contributed by atoms with van der Waals surface area (Å²) in [6, 6.07) is 17.7. The number of amides is 1. The van der Waals surface area contributed by atoms with Gasteiger partial charge in [-0.3, -0.25) is 15.1 Å². The predicted octanol–water partition coefficient (Wildman–Crippen LogP) is 3.99. The van der Waals surface area contributed by atoms with E-state index in [4.69, 9.17) is 16.3 Å². The molecule has 3 aliphatic carbocycles. The van der Waals surface area contributed by atoms with Crippen molar-refractivity contribution >= 4 is 17.5 Å². The van der Waals surface area contributed by atoms with E-state index < -0.39 is 12.0 Å². The van der Waals surface area contributed by atoms with Gasteiger partial charge in [-0.15, -0.1) is 0 Å². The number of hydrogen-bond acceptors (Lipinski definition) is 5. The second-order valence-corrected chi connectivity index (χ2v) is 9.30. The molecule has 2 aromatic carbocycles. The van der Waals surface area contributed by atoms with Crippen LogP contribution in [0.2, 0.25) is 5.02 Å². The molecule has 1 aromatic heterocycles. The molecular weight excluding hydrogens is 445 g/mol. The van der Waals surface area contributed by atoms with Crippen LogP contribution in [0.1, 0.15) is 31.2 Å². The van der Waals surface area contributed by atoms with Gasteiger partial charge in [0.15, 0.2) is 6.61 Å². The van der Waals surface area contributed by atoms with Gasteiger partial charge in [0.2, 0.25) is 0 Å². The quantitative estimate of drug-likeness (QED) is 0.436. The molecule has 3 fully saturated rings. The Morgan fingerprint density at radius 1 is 1.09 bits per heavy atom. The fourth-order valence-electron chi connectivity index (χ4n) is 4.85. The number of nitrogens with one attached hydrogen (secondary N) is 2. The molecule has 170 valence electrons. The third kappa shape index (κ3) is 4.44. The van der Waals surface area contributed by atoms with Gasteiger partial charge in [-0.2, -0.15) is 0 Å². The van der Waals surface area contributed by atoms with Crippen LogP contribution in [-0.4, -0.2) is 33.7 Å². The van der Waals surface area contributed by atoms with Gasteiger partial charge < -0.3 is 15.2 Å². The number of pyridine rings is 1. The zero-order chi connectivity index (χ0) is 23.1. The first-order chi connectivity index (χ1) is 15.9. The molecule has 1 atom stereocenters. The molecule has 8 heteroatoms. The van der Waals surface area contributed by atoms with Crippen molar-refractivity contribution in [3.05, 3.63) is 83.4 Å². The predicted molar refractivity (Wildman–Crippen MR) is 122 cm³/mol. The number of benzene rings is 2. The summed E-state index contributed by atoms with van der Waals surface area (Å²) in [5.74, 6) is -0.612. The zero-order valence-corrected chi connectivity index (χ0v) is 18.5. The molecule has 0 radical (unpaired) electrons. The summed E-state index contributed by atoms with van der Waals surface area (Å²) in [5, 5.41) is 16.9. The van der Waals surface area contributed by atoms with E-state index in [1.807, 2.05) is 42.5 Å². The average molecular weight is 468 g/mol. The van der Waals surface area contributed by atoms with Crippen molar-refractivity contribution in [3.8, 4) is 16.9 Å². The molecule has 2 bridgehead atoms. The van der Waals surface area contributed by atoms with Crippen LogP contribution in [0.4, 0.5) is 4.39 Å². The molecule has 1 heterocycles. The van der Waals surface area contributed by atoms with Crippen molar-refractivity contribution in [3.63, 3.8) is 0 Å². The summed E-state index contributed by atoms with van der Waals surface area (Å²) in [4.78, 5) is 16.7. The lowest BCUT2D eigenvalue weighted by atomic mass is 9.44. The van der Waals surface area contributed by atoms with Gasteiger partial charge in [0.25, 0.3) is 5.91 Å². The molecule has 6 rings (SSSR count). The topological polar surface area (TPSA) is 83.5 Å². The van der Waals surface area contributed by atoms with Gasteiger partial charge in [-0.1, -0.05) is 48.0 Å². The van der Waals surface area contributed by atoms with Crippen LogP contribution in [0.25, 0.3) is 11.1 Å². The van der Waals surface area contributed by atoms with Gasteiger partial charge in [-0.25, -0.2) is 4.39 Å². The standard InChI is InChI=1S/C25H23ClFN3O3/c26-19-8-7-18(10-20(19)27)33-12-22(31)29-24-13-25(14-24,15-24)30-23(32)21-9-6-17(11-28-21)16-4-2-1-3-5-16/h1-11,23,30,32H,12-15H2,(H,29,31). The molecule has 1 amide bonds. The molecule has 6 nitrogen and oxygen atoms in total. The van der Waals surface area contributed by atoms with E-state index in [0.29, 0.717) is 5.69 Å². The smallest absolute Gasteiger partial charge is 0.258 e. The Morgan fingerprint density at radius 3 is 2.52 bits per heavy atom. The minimum absolute atomic E-state index is 0.00277. The van der Waals surface area contributed by atoms with Crippen LogP contribution in [0.15, 0.2) is 66.9 Å². The van der Waals surface area contributed by atoms with Gasteiger partial charge >= 0.3 is 0 Å². The second kappa shape index (κ2) is 8.41. The Bertz CT molecular complexity index is 1150. The maximum atomic E-state index is 13.5. The van der Waals surface area contributed by atoms with Gasteiger partial charge in [-0.05, 0) is 43.0 Å². The molecule has 3 saturated carbocycles. The van der Waals surface area contributed by atoms with Crippen LogP contribution < -0.4 is 15.4 Å². The van der Waals surface area contributed by atoms with E-state index in [1.165, 1.54) is 12.1 Å². The van der Waals surface area contributed by atoms with Crippen LogP contribution in [0.3, 0.4) is 0 Å². The normalized spacial score (nSPS) is 23.7. The maximum absolute atomic E-state index is 13.5. The minimum Gasteiger partial charge on any atom is -0.484 e. The lowest BCUT2D eigenvalue weighted by Gasteiger charge is -2.71. The summed E-state index contributed by atoms with van der Waals surface area (Å²) in [6.45, 7) is -0.205. The van der Waals surface area contributed by atoms with Gasteiger partial charge in [0.05, 0.1) is 10.7 Å². The highest BCUT2D eigenvalue weighted by molar-refractivity contribution is 6.30. The fraction of sp³-hybridized carbons (Fsp3) is 0.280. The third-order valence-electron chi connectivity index (χ3n) is 6.31. The van der Waals surface area contributed by atoms with E-state index in [-0.39, 0.29) is 34.4 Å². The second-order valence-electron chi connectivity index (χ2n) is 8.89. The third-order valence-corrected chi connectivity index (χ3v) is 6.62. The van der Waals surface area contributed by atoms with Gasteiger partial charge in [0, 0.05) is 28.9 Å². The van der Waals surface area contributed by atoms with E-state index >= 15 is 0 Å². The number of carbonyl (C=O) groups is 1. The summed E-state index contributed by atoms with van der Waals surface area (Å²) in [7, 11) is 0. The minimum atomic E-state index is -0.882. The summed E-state index contributed by atoms with van der Waals surface area (Å²) < 4.78 is 18.8. The lowest BCUT2D eigenvalue weighted by Crippen LogP contribution is -2.83. The Hall–Kier alpha value is -3.00. The van der Waals surface area contributed by atoms with E-state index in [1.54, 1.807) is 6.20 Å². The monoisotopic (exact) mass is 467 g/mol. The van der Waals surface area contributed by atoms with Crippen molar-refractivity contribution in [1.29, 1.82) is 0 Å². The Morgan fingerprint density at radius 2 is 1.85 bits per heavy atom. The molecule has 0 spiro atoms. The Labute approximate surface area is 195 Å². The molecular formula is C25H23ClFN3O3. The number of carbonyl (C=O) groups excluding carboxylic acids is 1. The molecule has 3 aromatic rings. The molecule has 0 saturated heterocycles. The number of aliphatic hydroxyl groups is 1. The molecule has 33 heavy (non-hydrogen) atoms. The number of aliphatic hydroxyl groups excluding tert-OH is 1. The molecule has 0 aliphatic heterocycles. The average Bonchev–Trinajstić information content (AvgIpc) is 2.78. The molecule has 3 N–H and O–H groups in total. The first-order valence-electron chi connectivity index (χ1n) is 10.7. The number of hydrogen-bond donors (Lipinski definition) is 3. The fourth-order valence-corrected chi connectivity index (χ4v) is 4.97. The highest BCUT2D eigenvalue weighted by Gasteiger charge is 2.69. The zero-order valence-electron chi connectivity index (χ0n) is 17.7. The largest absolute Gasteiger partial charge is 0.484 e. The van der Waals surface area contributed by atoms with Crippen molar-refractivity contribution in [2.75, 3.05) is 6.61 Å². The number of aromatic nitrogens is 1. The van der Waals surface area contributed by atoms with Gasteiger partial charge in [0.1, 0.15) is 17.8 Å². The highest BCUT2D eigenvalue weighted by atomic mass is 35.5. The van der Waals surface area contributed by atoms with E-state index in [2.05, 4.69) is 15.6 Å². The van der Waals surface area contributed by atoms with Crippen LogP contribution in [0.5, 0.6) is 5.75 Å². The van der Waals surface area contributed by atoms with Crippen molar-refractivity contribution in [1.82, 2.24) is 15.6 Å². The van der Waals surface area contributed by atoms with E-state index in [0.717, 1.165) is 36.5 Å². The van der Waals surface area contributed by atoms with Crippen LogP contribution in [0, 0.1) is 5.82 Å². The number of rotatable bonds is 8. The van der Waals surface area contributed by atoms with Crippen molar-refractivity contribution < 1.29 is 19.0 Å². The lowest BCUT2D eigenvalue weighted by molar-refractivity contribution is -0.151. The molecule has 1 unspecified atom stereocenters. The highest BCUT2D eigenvalue weighted by Crippen LogP contribution is 2.60. The first kappa shape index (κ1) is 21.8. The SMILES string of the molecule is O=C(COc1ccc(Cl)c(F)c1)NC12CC(NC(O)c3ccc(-c4ccccc4)cn3)(C1)C2. The Kier molecular flexibility index (Phi) is 5.56. The molecule has 3 aliphatic rings. The Balaban J connectivity index is 1.09. The number of ether oxygens (including phenoxy) is 1. The number of halogens is 2.